The minimum absolute atomic E-state index is 0.135. The lowest BCUT2D eigenvalue weighted by Gasteiger charge is -2.29. The van der Waals surface area contributed by atoms with Crippen LogP contribution in [0.1, 0.15) is 26.6 Å². The highest BCUT2D eigenvalue weighted by Crippen LogP contribution is 2.34. The van der Waals surface area contributed by atoms with Gasteiger partial charge in [-0.3, -0.25) is 0 Å². The van der Waals surface area contributed by atoms with Gasteiger partial charge in [0.2, 0.25) is 5.16 Å². The van der Waals surface area contributed by atoms with E-state index in [2.05, 4.69) is 10.1 Å². The molecule has 0 aliphatic carbocycles. The molecule has 0 aliphatic rings. The number of rotatable bonds is 8. The number of amides is 2. The molecule has 1 atom stereocenters. The number of hydrogen-bond donors (Lipinski definition) is 0. The van der Waals surface area contributed by atoms with Gasteiger partial charge in [-0.25, -0.2) is 19.1 Å². The predicted molar refractivity (Wildman–Crippen MR) is 117 cm³/mol. The molecule has 1 heterocycles. The molecule has 0 saturated heterocycles. The Labute approximate surface area is 175 Å². The number of hydrogen-bond acceptors (Lipinski definition) is 6. The minimum atomic E-state index is -0.325. The van der Waals surface area contributed by atoms with E-state index >= 15 is 0 Å². The van der Waals surface area contributed by atoms with Crippen molar-refractivity contribution in [2.45, 2.75) is 30.7 Å². The van der Waals surface area contributed by atoms with Crippen LogP contribution in [-0.4, -0.2) is 64.9 Å². The average molecular weight is 423 g/mol. The molecule has 0 N–H and O–H groups in total. The summed E-state index contributed by atoms with van der Waals surface area (Å²) < 4.78 is 1.14. The summed E-state index contributed by atoms with van der Waals surface area (Å²) in [6, 6.07) is 9.38. The van der Waals surface area contributed by atoms with Gasteiger partial charge in [-0.05, 0) is 50.9 Å². The van der Waals surface area contributed by atoms with Crippen molar-refractivity contribution < 1.29 is 9.59 Å². The Kier molecular flexibility index (Phi) is 7.30. The van der Waals surface area contributed by atoms with E-state index < -0.39 is 0 Å². The Morgan fingerprint density at radius 2 is 1.93 bits per heavy atom. The Morgan fingerprint density at radius 3 is 2.43 bits per heavy atom. The molecule has 1 aromatic heterocycles. The molecule has 0 radical (unpaired) electrons. The molecule has 152 valence electrons. The van der Waals surface area contributed by atoms with Gasteiger partial charge in [-0.15, -0.1) is 5.10 Å². The van der Waals surface area contributed by atoms with Crippen LogP contribution in [0.3, 0.4) is 0 Å². The van der Waals surface area contributed by atoms with Crippen LogP contribution in [-0.2, 0) is 9.54 Å². The van der Waals surface area contributed by atoms with Gasteiger partial charge in [0.1, 0.15) is 11.6 Å². The van der Waals surface area contributed by atoms with E-state index in [0.717, 1.165) is 12.1 Å². The molecule has 2 amide bonds. The number of benzene rings is 1. The minimum Gasteiger partial charge on any atom is -0.329 e. The maximum atomic E-state index is 12.6. The van der Waals surface area contributed by atoms with Gasteiger partial charge >= 0.3 is 12.4 Å². The second-order valence-electron chi connectivity index (χ2n) is 7.09. The van der Waals surface area contributed by atoms with Crippen molar-refractivity contribution in [1.29, 1.82) is 0 Å². The van der Waals surface area contributed by atoms with E-state index in [9.17, 15) is 9.59 Å². The molecular formula is C19H28N5O2S2+. The van der Waals surface area contributed by atoms with E-state index in [4.69, 9.17) is 0 Å². The Hall–Kier alpha value is -1.84. The second-order valence-corrected chi connectivity index (χ2v) is 9.43. The molecule has 0 saturated carbocycles. The number of para-hydroxylation sites is 1. The van der Waals surface area contributed by atoms with Crippen molar-refractivity contribution in [2.24, 2.45) is 0 Å². The van der Waals surface area contributed by atoms with Gasteiger partial charge < -0.3 is 4.90 Å². The van der Waals surface area contributed by atoms with E-state index in [-0.39, 0.29) is 15.3 Å². The van der Waals surface area contributed by atoms with E-state index in [1.54, 1.807) is 25.9 Å². The summed E-state index contributed by atoms with van der Waals surface area (Å²) in [6.45, 7) is 6.61. The van der Waals surface area contributed by atoms with Crippen molar-refractivity contribution in [3.05, 3.63) is 36.2 Å². The monoisotopic (exact) mass is 422 g/mol. The molecular weight excluding hydrogens is 394 g/mol. The molecule has 0 aliphatic heterocycles. The van der Waals surface area contributed by atoms with Gasteiger partial charge in [0.15, 0.2) is 5.82 Å². The van der Waals surface area contributed by atoms with Crippen LogP contribution < -0.4 is 4.48 Å². The normalized spacial score (nSPS) is 13.8. The van der Waals surface area contributed by atoms with Crippen molar-refractivity contribution in [3.8, 4) is 0 Å². The van der Waals surface area contributed by atoms with Gasteiger partial charge in [0.25, 0.3) is 0 Å². The molecule has 0 fully saturated rings. The predicted octanol–water partition coefficient (Wildman–Crippen LogP) is 3.64. The number of thioether (sulfide) groups is 2. The van der Waals surface area contributed by atoms with E-state index in [1.165, 1.54) is 21.3 Å². The number of carbonyl (C=O) groups excluding carboxylic acids is 2. The van der Waals surface area contributed by atoms with Crippen molar-refractivity contribution in [1.82, 2.24) is 24.1 Å². The largest absolute Gasteiger partial charge is 0.346 e. The third kappa shape index (κ3) is 4.59. The Bertz CT molecular complexity index is 823. The molecule has 2 aromatic rings. The second kappa shape index (κ2) is 9.11. The van der Waals surface area contributed by atoms with E-state index in [0.29, 0.717) is 23.4 Å². The fourth-order valence-corrected chi connectivity index (χ4v) is 3.86. The van der Waals surface area contributed by atoms with Crippen LogP contribution in [0.25, 0.3) is 0 Å². The lowest BCUT2D eigenvalue weighted by atomic mass is 10.2. The SMILES string of the molecule is CC[N+](C=O)(CSc1nc(C(C)(C)SC)nn1C(=O)N(C)C)c1ccccc1. The van der Waals surface area contributed by atoms with Crippen molar-refractivity contribution >= 4 is 41.7 Å². The van der Waals surface area contributed by atoms with Crippen LogP contribution in [0.2, 0.25) is 0 Å². The summed E-state index contributed by atoms with van der Waals surface area (Å²) in [7, 11) is 3.36. The summed E-state index contributed by atoms with van der Waals surface area (Å²) >= 11 is 2.98. The molecule has 1 unspecified atom stereocenters. The van der Waals surface area contributed by atoms with Crippen LogP contribution in [0.4, 0.5) is 10.5 Å². The molecule has 1 aromatic carbocycles. The van der Waals surface area contributed by atoms with Crippen LogP contribution in [0, 0.1) is 0 Å². The Morgan fingerprint density at radius 1 is 1.29 bits per heavy atom. The summed E-state index contributed by atoms with van der Waals surface area (Å²) in [6.07, 6.45) is 2.94. The summed E-state index contributed by atoms with van der Waals surface area (Å²) in [5.74, 6) is 1.01. The molecule has 9 heteroatoms. The topological polar surface area (TPSA) is 68.1 Å². The highest BCUT2D eigenvalue weighted by atomic mass is 32.2. The highest BCUT2D eigenvalue weighted by molar-refractivity contribution is 7.99. The highest BCUT2D eigenvalue weighted by Gasteiger charge is 2.32. The lowest BCUT2D eigenvalue weighted by Crippen LogP contribution is -2.47. The van der Waals surface area contributed by atoms with Crippen molar-refractivity contribution in [3.63, 3.8) is 0 Å². The van der Waals surface area contributed by atoms with Crippen LogP contribution >= 0.6 is 23.5 Å². The molecule has 0 bridgehead atoms. The first kappa shape index (κ1) is 22.4. The zero-order chi connectivity index (χ0) is 20.9. The first-order valence-corrected chi connectivity index (χ1v) is 11.2. The standard InChI is InChI=1S/C19H28N5O2S2/c1-7-24(13-25,15-11-9-8-10-12-15)14-28-17-20-16(19(2,3)27-6)21-23(17)18(26)22(4)5/h8-13H,7,14H2,1-6H3/q+1. The molecule has 0 spiro atoms. The zero-order valence-corrected chi connectivity index (χ0v) is 18.9. The number of carbonyl (C=O) groups is 2. The summed E-state index contributed by atoms with van der Waals surface area (Å²) in [4.78, 5) is 30.8. The number of quaternary nitrogens is 1. The van der Waals surface area contributed by atoms with Gasteiger partial charge in [0.05, 0.1) is 11.3 Å². The third-order valence-electron chi connectivity index (χ3n) is 4.65. The zero-order valence-electron chi connectivity index (χ0n) is 17.2. The van der Waals surface area contributed by atoms with Gasteiger partial charge in [0, 0.05) is 14.1 Å². The fourth-order valence-electron chi connectivity index (χ4n) is 2.46. The smallest absolute Gasteiger partial charge is 0.329 e. The summed E-state index contributed by atoms with van der Waals surface area (Å²) in [5, 5.41) is 4.97. The lowest BCUT2D eigenvalue weighted by molar-refractivity contribution is -0.116. The molecule has 2 rings (SSSR count). The first-order valence-electron chi connectivity index (χ1n) is 8.96. The first-order chi connectivity index (χ1) is 13.2. The van der Waals surface area contributed by atoms with E-state index in [1.807, 2.05) is 57.4 Å². The van der Waals surface area contributed by atoms with Crippen LogP contribution in [0.5, 0.6) is 0 Å². The molecule has 7 nitrogen and oxygen atoms in total. The number of nitrogens with zero attached hydrogens (tertiary/aromatic N) is 5. The number of aromatic nitrogens is 3. The fraction of sp³-hybridized carbons (Fsp3) is 0.474. The van der Waals surface area contributed by atoms with Gasteiger partial charge in [-0.2, -0.15) is 16.4 Å². The maximum Gasteiger partial charge on any atom is 0.346 e. The third-order valence-corrected chi connectivity index (χ3v) is 6.97. The Balaban J connectivity index is 2.41. The average Bonchev–Trinajstić information content (AvgIpc) is 3.14. The van der Waals surface area contributed by atoms with Gasteiger partial charge in [-0.1, -0.05) is 18.2 Å². The molecule has 28 heavy (non-hydrogen) atoms. The summed E-state index contributed by atoms with van der Waals surface area (Å²) in [5.41, 5.74) is 0.905. The van der Waals surface area contributed by atoms with Crippen LogP contribution in [0.15, 0.2) is 35.5 Å². The van der Waals surface area contributed by atoms with Crippen molar-refractivity contribution in [2.75, 3.05) is 32.8 Å². The quantitative estimate of drug-likeness (QED) is 0.280. The maximum absolute atomic E-state index is 12.6.